The second kappa shape index (κ2) is 29.3. The van der Waals surface area contributed by atoms with E-state index in [9.17, 15) is 0 Å². The molecule has 0 N–H and O–H groups in total. The summed E-state index contributed by atoms with van der Waals surface area (Å²) < 4.78 is 18.1. The molecule has 9 heteroatoms. The van der Waals surface area contributed by atoms with Crippen LogP contribution in [0.5, 0.6) is 0 Å². The molecule has 0 unspecified atom stereocenters. The van der Waals surface area contributed by atoms with Crippen LogP contribution in [0.1, 0.15) is 0 Å². The molecule has 0 saturated heterocycles. The van der Waals surface area contributed by atoms with E-state index in [4.69, 9.17) is 43.2 Å². The van der Waals surface area contributed by atoms with Crippen LogP contribution in [-0.2, 0) is 0 Å². The number of rotatable bonds is 11. The Hall–Kier alpha value is -15.3. The predicted octanol–water partition coefficient (Wildman–Crippen LogP) is 27.8. The van der Waals surface area contributed by atoms with Crippen LogP contribution in [0, 0.1) is 0 Å². The Morgan fingerprint density at radius 3 is 1.01 bits per heavy atom. The van der Waals surface area contributed by atoms with Gasteiger partial charge >= 0.3 is 0 Å². The summed E-state index contributed by atoms with van der Waals surface area (Å²) in [6.45, 7) is 0. The zero-order chi connectivity index (χ0) is 75.0. The standard InChI is InChI=1S/C38H24N2O.C34H22N2O.C32H20N2O/c1-3-9-27(10-4-1)37-32-21-19-30(24-34(32)39-38(40-37)28-11-5-2-6-12-28)26-17-15-25(16-18-26)29-20-22-36-33(23-29)31-13-7-8-14-35(31)41-36;1-3-9-25(10-4-1)33-30(22-35-34(36-33)26-11-5-2-6-12-26)24-17-15-23(16-18-24)27-19-20-32-29(21-27)28-13-7-8-14-31(28)37-32;1-3-10-21(11-4-1)30-31(22-12-5-2-6-13-22)34-32-24(15-9-16-27(32)33-30)23-18-19-29-26(20-23)25-14-7-8-17-28(25)35-29/h1-24H;1-22H;1-20H. The molecule has 0 fully saturated rings. The molecule has 22 rings (SSSR count). The predicted molar refractivity (Wildman–Crippen MR) is 463 cm³/mol. The summed E-state index contributed by atoms with van der Waals surface area (Å²) >= 11 is 0. The highest BCUT2D eigenvalue weighted by Gasteiger charge is 2.20. The van der Waals surface area contributed by atoms with Crippen LogP contribution in [0.4, 0.5) is 0 Å². The van der Waals surface area contributed by atoms with Crippen LogP contribution in [0.25, 0.3) is 211 Å². The Kier molecular flexibility index (Phi) is 17.4. The molecule has 0 amide bonds. The third-order valence-corrected chi connectivity index (χ3v) is 21.0. The van der Waals surface area contributed by atoms with Crippen molar-refractivity contribution in [1.82, 2.24) is 29.9 Å². The van der Waals surface area contributed by atoms with E-state index >= 15 is 0 Å². The van der Waals surface area contributed by atoms with Gasteiger partial charge in [0, 0.05) is 88.4 Å². The summed E-state index contributed by atoms with van der Waals surface area (Å²) in [6, 6.07) is 135. The van der Waals surface area contributed by atoms with Gasteiger partial charge in [0.05, 0.1) is 39.3 Å². The first kappa shape index (κ1) is 67.1. The highest BCUT2D eigenvalue weighted by atomic mass is 16.3. The molecule has 0 aliphatic heterocycles. The Labute approximate surface area is 650 Å². The zero-order valence-electron chi connectivity index (χ0n) is 61.0. The van der Waals surface area contributed by atoms with E-state index < -0.39 is 0 Å². The van der Waals surface area contributed by atoms with Gasteiger partial charge in [-0.25, -0.2) is 29.9 Å². The molecule has 0 atom stereocenters. The first-order valence-electron chi connectivity index (χ1n) is 37.8. The number of nitrogens with zero attached hydrogens (tertiary/aromatic N) is 6. The van der Waals surface area contributed by atoms with Crippen molar-refractivity contribution in [3.8, 4) is 123 Å². The molecule has 0 radical (unpaired) electrons. The van der Waals surface area contributed by atoms with Crippen molar-refractivity contribution >= 4 is 87.8 Å². The lowest BCUT2D eigenvalue weighted by atomic mass is 9.97. The minimum Gasteiger partial charge on any atom is -0.456 e. The molecule has 6 aromatic heterocycles. The third kappa shape index (κ3) is 13.2. The summed E-state index contributed by atoms with van der Waals surface area (Å²) in [5.74, 6) is 1.45. The number of benzene rings is 16. The van der Waals surface area contributed by atoms with Crippen LogP contribution >= 0.6 is 0 Å². The lowest BCUT2D eigenvalue weighted by Crippen LogP contribution is -1.97. The third-order valence-electron chi connectivity index (χ3n) is 21.0. The Bertz CT molecular complexity index is 7260. The van der Waals surface area contributed by atoms with Gasteiger partial charge in [0.2, 0.25) is 0 Å². The molecule has 530 valence electrons. The van der Waals surface area contributed by atoms with Gasteiger partial charge in [-0.2, -0.15) is 0 Å². The van der Waals surface area contributed by atoms with Crippen molar-refractivity contribution in [1.29, 1.82) is 0 Å². The van der Waals surface area contributed by atoms with Gasteiger partial charge in [0.25, 0.3) is 0 Å². The summed E-state index contributed by atoms with van der Waals surface area (Å²) in [5, 5.41) is 7.81. The van der Waals surface area contributed by atoms with Crippen molar-refractivity contribution in [2.75, 3.05) is 0 Å². The lowest BCUT2D eigenvalue weighted by Gasteiger charge is -2.13. The van der Waals surface area contributed by atoms with Crippen LogP contribution < -0.4 is 0 Å². The van der Waals surface area contributed by atoms with Gasteiger partial charge in [0.1, 0.15) is 33.5 Å². The number of para-hydroxylation sites is 4. The van der Waals surface area contributed by atoms with Gasteiger partial charge in [-0.1, -0.05) is 322 Å². The maximum Gasteiger partial charge on any atom is 0.160 e. The molecular formula is C104H66N6O3. The van der Waals surface area contributed by atoms with Crippen molar-refractivity contribution in [2.24, 2.45) is 0 Å². The molecule has 113 heavy (non-hydrogen) atoms. The minimum absolute atomic E-state index is 0.723. The lowest BCUT2D eigenvalue weighted by molar-refractivity contribution is 0.668. The maximum atomic E-state index is 6.04. The van der Waals surface area contributed by atoms with Gasteiger partial charge < -0.3 is 13.3 Å². The number of hydrogen-bond acceptors (Lipinski definition) is 9. The molecule has 22 aromatic rings. The molecular weight excluding hydrogens is 1380 g/mol. The van der Waals surface area contributed by atoms with Crippen molar-refractivity contribution in [3.63, 3.8) is 0 Å². The first-order valence-corrected chi connectivity index (χ1v) is 37.8. The summed E-state index contributed by atoms with van der Waals surface area (Å²) in [6.07, 6.45) is 1.94. The largest absolute Gasteiger partial charge is 0.456 e. The van der Waals surface area contributed by atoms with Crippen molar-refractivity contribution < 1.29 is 13.3 Å². The Morgan fingerprint density at radius 1 is 0.168 bits per heavy atom. The molecule has 6 heterocycles. The first-order chi connectivity index (χ1) is 56.0. The Morgan fingerprint density at radius 2 is 0.522 bits per heavy atom. The molecule has 0 spiro atoms. The maximum absolute atomic E-state index is 6.04. The quantitative estimate of drug-likeness (QED) is 0.125. The topological polar surface area (TPSA) is 117 Å². The monoisotopic (exact) mass is 1450 g/mol. The minimum atomic E-state index is 0.723. The Balaban J connectivity index is 0.000000111. The molecule has 16 aromatic carbocycles. The molecule has 0 saturated carbocycles. The normalized spacial score (nSPS) is 11.4. The second-order valence-electron chi connectivity index (χ2n) is 28.0. The van der Waals surface area contributed by atoms with Gasteiger partial charge in [-0.15, -0.1) is 0 Å². The molecule has 0 aliphatic carbocycles. The molecule has 9 nitrogen and oxygen atoms in total. The second-order valence-corrected chi connectivity index (χ2v) is 28.0. The van der Waals surface area contributed by atoms with Crippen LogP contribution in [-0.4, -0.2) is 29.9 Å². The van der Waals surface area contributed by atoms with Crippen molar-refractivity contribution in [3.05, 3.63) is 401 Å². The van der Waals surface area contributed by atoms with E-state index in [1.54, 1.807) is 0 Å². The van der Waals surface area contributed by atoms with Gasteiger partial charge in [0.15, 0.2) is 11.6 Å². The fourth-order valence-corrected chi connectivity index (χ4v) is 15.3. The van der Waals surface area contributed by atoms with E-state index in [0.717, 1.165) is 200 Å². The number of hydrogen-bond donors (Lipinski definition) is 0. The van der Waals surface area contributed by atoms with E-state index in [1.165, 1.54) is 11.1 Å². The highest BCUT2D eigenvalue weighted by molar-refractivity contribution is 6.10. The molecule has 0 aliphatic rings. The van der Waals surface area contributed by atoms with E-state index in [0.29, 0.717) is 0 Å². The van der Waals surface area contributed by atoms with E-state index in [1.807, 2.05) is 188 Å². The molecule has 0 bridgehead atoms. The zero-order valence-corrected chi connectivity index (χ0v) is 61.0. The average molecular weight is 1450 g/mol. The number of fused-ring (bicyclic) bond motifs is 11. The SMILES string of the molecule is c1ccc(-c2nc(-c3ccccc3)c3ccc(-c4ccc(-c5ccc6oc7ccccc7c6c5)cc4)cc3n2)cc1.c1ccc(-c2nc3cccc(-c4ccc5oc6ccccc6c5c4)c3nc2-c2ccccc2)cc1.c1ccc(-c2ncc(-c3ccc(-c4ccc5oc6ccccc6c5c4)cc3)c(-c3ccccc3)n2)cc1. The fraction of sp³-hybridized carbons (Fsp3) is 0. The summed E-state index contributed by atoms with van der Waals surface area (Å²) in [5.41, 5.74) is 29.2. The summed E-state index contributed by atoms with van der Waals surface area (Å²) in [4.78, 5) is 30.1. The van der Waals surface area contributed by atoms with Crippen LogP contribution in [0.15, 0.2) is 414 Å². The smallest absolute Gasteiger partial charge is 0.160 e. The van der Waals surface area contributed by atoms with Crippen LogP contribution in [0.3, 0.4) is 0 Å². The average Bonchev–Trinajstić information content (AvgIpc) is 1.58. The number of furan rings is 3. The van der Waals surface area contributed by atoms with Crippen LogP contribution in [0.2, 0.25) is 0 Å². The number of aromatic nitrogens is 6. The highest BCUT2D eigenvalue weighted by Crippen LogP contribution is 2.42. The fourth-order valence-electron chi connectivity index (χ4n) is 15.3. The van der Waals surface area contributed by atoms with Gasteiger partial charge in [-0.05, 0) is 117 Å². The van der Waals surface area contributed by atoms with E-state index in [2.05, 4.69) is 212 Å². The van der Waals surface area contributed by atoms with E-state index in [-0.39, 0.29) is 0 Å². The van der Waals surface area contributed by atoms with Gasteiger partial charge in [-0.3, -0.25) is 0 Å². The van der Waals surface area contributed by atoms with Crippen molar-refractivity contribution in [2.45, 2.75) is 0 Å². The summed E-state index contributed by atoms with van der Waals surface area (Å²) in [7, 11) is 0.